The Morgan fingerprint density at radius 2 is 2.31 bits per heavy atom. The van der Waals surface area contributed by atoms with E-state index in [1.165, 1.54) is 30.5 Å². The fourth-order valence-corrected chi connectivity index (χ4v) is 2.86. The number of nitrogens with one attached hydrogen (secondary N) is 1. The van der Waals surface area contributed by atoms with Crippen LogP contribution >= 0.6 is 11.6 Å². The molecule has 0 radical (unpaired) electrons. The number of fused-ring (bicyclic) bond motifs is 1. The van der Waals surface area contributed by atoms with Gasteiger partial charge in [-0.2, -0.15) is 0 Å². The summed E-state index contributed by atoms with van der Waals surface area (Å²) < 4.78 is 0. The van der Waals surface area contributed by atoms with Crippen molar-refractivity contribution in [3.63, 3.8) is 0 Å². The van der Waals surface area contributed by atoms with Crippen LogP contribution < -0.4 is 5.32 Å². The van der Waals surface area contributed by atoms with Gasteiger partial charge in [-0.3, -0.25) is 0 Å². The van der Waals surface area contributed by atoms with Crippen molar-refractivity contribution < 1.29 is 0 Å². The second-order valence-corrected chi connectivity index (χ2v) is 5.02. The highest BCUT2D eigenvalue weighted by Crippen LogP contribution is 2.35. The van der Waals surface area contributed by atoms with Gasteiger partial charge in [0.15, 0.2) is 0 Å². The Kier molecular flexibility index (Phi) is 2.70. The first kappa shape index (κ1) is 10.3. The molecule has 0 spiro atoms. The number of hydrogen-bond donors (Lipinski definition) is 1. The number of piperidine rings is 1. The third-order valence-corrected chi connectivity index (χ3v) is 3.81. The fraction of sp³-hybridized carbons (Fsp3) is 0.462. The molecule has 1 aliphatic heterocycles. The minimum Gasteiger partial charge on any atom is -0.313 e. The van der Waals surface area contributed by atoms with E-state index in [4.69, 9.17) is 11.6 Å². The van der Waals surface area contributed by atoms with Crippen LogP contribution in [0.1, 0.15) is 24.8 Å². The van der Waals surface area contributed by atoms with Gasteiger partial charge in [-0.25, -0.2) is 4.98 Å². The Bertz CT molecular complexity index is 410. The second kappa shape index (κ2) is 4.19. The molecule has 0 amide bonds. The van der Waals surface area contributed by atoms with Crippen LogP contribution in [-0.2, 0) is 0 Å². The minimum absolute atomic E-state index is 0.567. The number of aromatic nitrogens is 1. The first-order chi connectivity index (χ1) is 7.83. The van der Waals surface area contributed by atoms with E-state index in [1.54, 1.807) is 0 Å². The molecule has 2 atom stereocenters. The minimum atomic E-state index is 0.567. The van der Waals surface area contributed by atoms with Crippen molar-refractivity contribution >= 4 is 17.2 Å². The topological polar surface area (TPSA) is 24.9 Å². The van der Waals surface area contributed by atoms with Gasteiger partial charge < -0.3 is 5.32 Å². The summed E-state index contributed by atoms with van der Waals surface area (Å²) in [6.07, 6.45) is 8.05. The predicted molar refractivity (Wildman–Crippen MR) is 66.4 cm³/mol. The number of halogens is 1. The predicted octanol–water partition coefficient (Wildman–Crippen LogP) is 2.89. The number of rotatable bonds is 1. The standard InChI is InChI=1S/C13H15ClN2/c14-13-4-3-10(8-16-13)11-6-9-2-1-5-15-12(9)7-11/h3-4,6,8-9,12,15H,1-2,5,7H2/t9-,12+/m1/s1. The molecule has 0 unspecified atom stereocenters. The van der Waals surface area contributed by atoms with E-state index in [9.17, 15) is 0 Å². The van der Waals surface area contributed by atoms with Gasteiger partial charge in [-0.1, -0.05) is 23.7 Å². The summed E-state index contributed by atoms with van der Waals surface area (Å²) >= 11 is 5.80. The van der Waals surface area contributed by atoms with Crippen LogP contribution in [0.5, 0.6) is 0 Å². The molecule has 1 N–H and O–H groups in total. The molecule has 3 rings (SSSR count). The average Bonchev–Trinajstić information content (AvgIpc) is 2.73. The van der Waals surface area contributed by atoms with Crippen LogP contribution in [0.2, 0.25) is 5.15 Å². The number of hydrogen-bond acceptors (Lipinski definition) is 2. The zero-order valence-corrected chi connectivity index (χ0v) is 9.87. The molecule has 0 aromatic carbocycles. The second-order valence-electron chi connectivity index (χ2n) is 4.63. The van der Waals surface area contributed by atoms with Gasteiger partial charge in [0.1, 0.15) is 5.15 Å². The third kappa shape index (κ3) is 1.87. The molecule has 2 nitrogen and oxygen atoms in total. The van der Waals surface area contributed by atoms with Crippen LogP contribution in [-0.4, -0.2) is 17.6 Å². The summed E-state index contributed by atoms with van der Waals surface area (Å²) in [5.41, 5.74) is 2.65. The molecule has 1 aromatic heterocycles. The maximum absolute atomic E-state index is 5.80. The van der Waals surface area contributed by atoms with E-state index in [0.717, 1.165) is 12.3 Å². The quantitative estimate of drug-likeness (QED) is 0.756. The number of nitrogens with zero attached hydrogens (tertiary/aromatic N) is 1. The Hall–Kier alpha value is -0.860. The van der Waals surface area contributed by atoms with E-state index < -0.39 is 0 Å². The summed E-state index contributed by atoms with van der Waals surface area (Å²) in [5.74, 6) is 0.722. The molecule has 0 bridgehead atoms. The lowest BCUT2D eigenvalue weighted by molar-refractivity contribution is 0.348. The lowest BCUT2D eigenvalue weighted by Gasteiger charge is -2.25. The Morgan fingerprint density at radius 3 is 3.06 bits per heavy atom. The Balaban J connectivity index is 1.83. The molecule has 1 aromatic rings. The number of pyridine rings is 1. The molecule has 2 heterocycles. The normalized spacial score (nSPS) is 28.7. The van der Waals surface area contributed by atoms with Crippen molar-refractivity contribution in [2.45, 2.75) is 25.3 Å². The highest BCUT2D eigenvalue weighted by Gasteiger charge is 2.29. The maximum atomic E-state index is 5.80. The van der Waals surface area contributed by atoms with Gasteiger partial charge in [0.25, 0.3) is 0 Å². The van der Waals surface area contributed by atoms with Gasteiger partial charge in [0.2, 0.25) is 0 Å². The van der Waals surface area contributed by atoms with Crippen LogP contribution in [0.15, 0.2) is 24.4 Å². The molecule has 0 saturated carbocycles. The van der Waals surface area contributed by atoms with Crippen molar-refractivity contribution in [2.24, 2.45) is 5.92 Å². The zero-order chi connectivity index (χ0) is 11.0. The summed E-state index contributed by atoms with van der Waals surface area (Å²) in [6, 6.07) is 4.59. The molecule has 1 saturated heterocycles. The van der Waals surface area contributed by atoms with Gasteiger partial charge in [0.05, 0.1) is 0 Å². The molecule has 1 aliphatic carbocycles. The molecule has 16 heavy (non-hydrogen) atoms. The van der Waals surface area contributed by atoms with Crippen LogP contribution in [0, 0.1) is 5.92 Å². The molecular weight excluding hydrogens is 220 g/mol. The summed E-state index contributed by atoms with van der Waals surface area (Å²) in [5, 5.41) is 4.16. The lowest BCUT2D eigenvalue weighted by Crippen LogP contribution is -2.37. The molecule has 3 heteroatoms. The lowest BCUT2D eigenvalue weighted by atomic mass is 9.94. The van der Waals surface area contributed by atoms with E-state index in [1.807, 2.05) is 12.3 Å². The van der Waals surface area contributed by atoms with E-state index in [-0.39, 0.29) is 0 Å². The zero-order valence-electron chi connectivity index (χ0n) is 9.12. The van der Waals surface area contributed by atoms with Crippen molar-refractivity contribution in [3.05, 3.63) is 35.1 Å². The van der Waals surface area contributed by atoms with Gasteiger partial charge >= 0.3 is 0 Å². The highest BCUT2D eigenvalue weighted by molar-refractivity contribution is 6.29. The summed E-state index contributed by atoms with van der Waals surface area (Å²) in [7, 11) is 0. The molecule has 1 fully saturated rings. The van der Waals surface area contributed by atoms with Gasteiger partial charge in [0, 0.05) is 12.2 Å². The largest absolute Gasteiger partial charge is 0.313 e. The highest BCUT2D eigenvalue weighted by atomic mass is 35.5. The Labute approximate surface area is 101 Å². The monoisotopic (exact) mass is 234 g/mol. The van der Waals surface area contributed by atoms with Crippen LogP contribution in [0.4, 0.5) is 0 Å². The van der Waals surface area contributed by atoms with Crippen molar-refractivity contribution in [1.82, 2.24) is 10.3 Å². The van der Waals surface area contributed by atoms with Crippen molar-refractivity contribution in [2.75, 3.05) is 6.54 Å². The molecular formula is C13H15ClN2. The van der Waals surface area contributed by atoms with E-state index in [0.29, 0.717) is 11.2 Å². The molecule has 84 valence electrons. The fourth-order valence-electron chi connectivity index (χ4n) is 2.74. The maximum Gasteiger partial charge on any atom is 0.129 e. The van der Waals surface area contributed by atoms with Crippen LogP contribution in [0.25, 0.3) is 5.57 Å². The smallest absolute Gasteiger partial charge is 0.129 e. The van der Waals surface area contributed by atoms with Crippen LogP contribution in [0.3, 0.4) is 0 Å². The first-order valence-electron chi connectivity index (χ1n) is 5.89. The summed E-state index contributed by atoms with van der Waals surface area (Å²) in [4.78, 5) is 4.15. The van der Waals surface area contributed by atoms with Crippen molar-refractivity contribution in [1.29, 1.82) is 0 Å². The summed E-state index contributed by atoms with van der Waals surface area (Å²) in [6.45, 7) is 1.17. The molecule has 2 aliphatic rings. The van der Waals surface area contributed by atoms with Gasteiger partial charge in [-0.15, -0.1) is 0 Å². The van der Waals surface area contributed by atoms with Gasteiger partial charge in [-0.05, 0) is 48.9 Å². The third-order valence-electron chi connectivity index (χ3n) is 3.59. The first-order valence-corrected chi connectivity index (χ1v) is 6.27. The van der Waals surface area contributed by atoms with E-state index >= 15 is 0 Å². The Morgan fingerprint density at radius 1 is 1.38 bits per heavy atom. The SMILES string of the molecule is Clc1ccc(C2=C[C@H]3CCCN[C@H]3C2)cn1. The average molecular weight is 235 g/mol. The van der Waals surface area contributed by atoms with E-state index in [2.05, 4.69) is 22.4 Å². The van der Waals surface area contributed by atoms with Crippen molar-refractivity contribution in [3.8, 4) is 0 Å².